The summed E-state index contributed by atoms with van der Waals surface area (Å²) in [6.45, 7) is 1.62. The average Bonchev–Trinajstić information content (AvgIpc) is 2.41. The van der Waals surface area contributed by atoms with E-state index in [4.69, 9.17) is 33.2 Å². The molecule has 3 nitrogen and oxygen atoms in total. The van der Waals surface area contributed by atoms with Crippen molar-refractivity contribution in [2.24, 2.45) is 0 Å². The smallest absolute Gasteiger partial charge is 0.146 e. The van der Waals surface area contributed by atoms with Crippen LogP contribution in [-0.2, 0) is 0 Å². The van der Waals surface area contributed by atoms with Crippen molar-refractivity contribution in [3.8, 4) is 17.6 Å². The van der Waals surface area contributed by atoms with Crippen molar-refractivity contribution < 1.29 is 9.84 Å². The molecular formula is C15H11Cl2NO2. The zero-order valence-electron chi connectivity index (χ0n) is 10.6. The molecule has 1 atom stereocenters. The first-order valence-electron chi connectivity index (χ1n) is 5.86. The molecule has 0 unspecified atom stereocenters. The van der Waals surface area contributed by atoms with Gasteiger partial charge >= 0.3 is 0 Å². The molecule has 0 amide bonds. The van der Waals surface area contributed by atoms with Gasteiger partial charge in [0.25, 0.3) is 0 Å². The SMILES string of the molecule is C[C@@H](O)c1ccc(C#N)cc1Oc1ccc(Cl)cc1Cl. The van der Waals surface area contributed by atoms with Gasteiger partial charge in [0, 0.05) is 10.6 Å². The maximum atomic E-state index is 9.74. The van der Waals surface area contributed by atoms with Crippen molar-refractivity contribution in [1.82, 2.24) is 0 Å². The van der Waals surface area contributed by atoms with Crippen LogP contribution in [0.5, 0.6) is 11.5 Å². The summed E-state index contributed by atoms with van der Waals surface area (Å²) in [5, 5.41) is 19.5. The second-order valence-electron chi connectivity index (χ2n) is 4.22. The van der Waals surface area contributed by atoms with Crippen LogP contribution in [-0.4, -0.2) is 5.11 Å². The second kappa shape index (κ2) is 6.15. The fourth-order valence-electron chi connectivity index (χ4n) is 1.71. The zero-order valence-corrected chi connectivity index (χ0v) is 12.1. The summed E-state index contributed by atoms with van der Waals surface area (Å²) in [4.78, 5) is 0. The van der Waals surface area contributed by atoms with E-state index in [9.17, 15) is 5.11 Å². The molecule has 0 aliphatic rings. The van der Waals surface area contributed by atoms with Gasteiger partial charge in [-0.25, -0.2) is 0 Å². The number of hydrogen-bond donors (Lipinski definition) is 1. The molecule has 0 saturated carbocycles. The van der Waals surface area contributed by atoms with E-state index < -0.39 is 6.10 Å². The standard InChI is InChI=1S/C15H11Cl2NO2/c1-9(19)12-4-2-10(8-18)6-15(12)20-14-5-3-11(16)7-13(14)17/h2-7,9,19H,1H3/t9-/m1/s1. The summed E-state index contributed by atoms with van der Waals surface area (Å²) < 4.78 is 5.70. The van der Waals surface area contributed by atoms with Gasteiger partial charge in [0.05, 0.1) is 22.8 Å². The molecule has 1 N–H and O–H groups in total. The first-order valence-corrected chi connectivity index (χ1v) is 6.62. The van der Waals surface area contributed by atoms with Gasteiger partial charge in [-0.15, -0.1) is 0 Å². The summed E-state index contributed by atoms with van der Waals surface area (Å²) >= 11 is 11.9. The fourth-order valence-corrected chi connectivity index (χ4v) is 2.16. The number of rotatable bonds is 3. The van der Waals surface area contributed by atoms with Gasteiger partial charge in [0.1, 0.15) is 11.5 Å². The van der Waals surface area contributed by atoms with Gasteiger partial charge in [-0.2, -0.15) is 5.26 Å². The van der Waals surface area contributed by atoms with E-state index in [1.807, 2.05) is 6.07 Å². The molecule has 0 aliphatic heterocycles. The molecule has 0 radical (unpaired) electrons. The van der Waals surface area contributed by atoms with E-state index in [0.29, 0.717) is 32.7 Å². The van der Waals surface area contributed by atoms with Crippen molar-refractivity contribution in [1.29, 1.82) is 5.26 Å². The highest BCUT2D eigenvalue weighted by atomic mass is 35.5. The Morgan fingerprint density at radius 3 is 2.50 bits per heavy atom. The molecule has 0 spiro atoms. The number of hydrogen-bond acceptors (Lipinski definition) is 3. The molecule has 2 aromatic rings. The normalized spacial score (nSPS) is 11.8. The summed E-state index contributed by atoms with van der Waals surface area (Å²) in [5.74, 6) is 0.802. The predicted octanol–water partition coefficient (Wildman–Crippen LogP) is 4.71. The van der Waals surface area contributed by atoms with E-state index in [2.05, 4.69) is 0 Å². The Bertz CT molecular complexity index is 678. The van der Waals surface area contributed by atoms with E-state index in [1.165, 1.54) is 0 Å². The Morgan fingerprint density at radius 2 is 1.90 bits per heavy atom. The van der Waals surface area contributed by atoms with Crippen LogP contribution in [0.15, 0.2) is 36.4 Å². The largest absolute Gasteiger partial charge is 0.455 e. The third-order valence-electron chi connectivity index (χ3n) is 2.71. The Hall–Kier alpha value is -1.73. The van der Waals surface area contributed by atoms with Gasteiger partial charge in [-0.1, -0.05) is 29.3 Å². The van der Waals surface area contributed by atoms with Gasteiger partial charge < -0.3 is 9.84 Å². The van der Waals surface area contributed by atoms with Crippen LogP contribution in [0.25, 0.3) is 0 Å². The lowest BCUT2D eigenvalue weighted by molar-refractivity contribution is 0.195. The Labute approximate surface area is 126 Å². The lowest BCUT2D eigenvalue weighted by atomic mass is 10.1. The van der Waals surface area contributed by atoms with Crippen LogP contribution >= 0.6 is 23.2 Å². The van der Waals surface area contributed by atoms with Crippen molar-refractivity contribution in [3.05, 3.63) is 57.6 Å². The molecule has 0 fully saturated rings. The first kappa shape index (κ1) is 14.7. The summed E-state index contributed by atoms with van der Waals surface area (Å²) in [5.41, 5.74) is 1.02. The number of halogens is 2. The van der Waals surface area contributed by atoms with Crippen LogP contribution in [0.1, 0.15) is 24.2 Å². The monoisotopic (exact) mass is 307 g/mol. The fraction of sp³-hybridized carbons (Fsp3) is 0.133. The lowest BCUT2D eigenvalue weighted by Gasteiger charge is -2.14. The Morgan fingerprint density at radius 1 is 1.15 bits per heavy atom. The van der Waals surface area contributed by atoms with Gasteiger partial charge in [0.15, 0.2) is 0 Å². The third kappa shape index (κ3) is 3.23. The van der Waals surface area contributed by atoms with Crippen LogP contribution < -0.4 is 4.74 Å². The van der Waals surface area contributed by atoms with Crippen LogP contribution in [0.2, 0.25) is 10.0 Å². The van der Waals surface area contributed by atoms with E-state index in [0.717, 1.165) is 0 Å². The van der Waals surface area contributed by atoms with Gasteiger partial charge in [0.2, 0.25) is 0 Å². The number of nitrogens with zero attached hydrogens (tertiary/aromatic N) is 1. The quantitative estimate of drug-likeness (QED) is 0.893. The molecular weight excluding hydrogens is 297 g/mol. The number of nitriles is 1. The molecule has 0 aliphatic carbocycles. The summed E-state index contributed by atoms with van der Waals surface area (Å²) in [7, 11) is 0. The predicted molar refractivity (Wildman–Crippen MR) is 78.3 cm³/mol. The van der Waals surface area contributed by atoms with Crippen LogP contribution in [0.4, 0.5) is 0 Å². The molecule has 5 heteroatoms. The van der Waals surface area contributed by atoms with Crippen LogP contribution in [0.3, 0.4) is 0 Å². The van der Waals surface area contributed by atoms with Gasteiger partial charge in [-0.05, 0) is 37.3 Å². The minimum atomic E-state index is -0.719. The summed E-state index contributed by atoms with van der Waals surface area (Å²) in [6.07, 6.45) is -0.719. The second-order valence-corrected chi connectivity index (χ2v) is 5.06. The maximum Gasteiger partial charge on any atom is 0.146 e. The van der Waals surface area contributed by atoms with Crippen molar-refractivity contribution in [2.45, 2.75) is 13.0 Å². The molecule has 0 aromatic heterocycles. The molecule has 0 heterocycles. The first-order chi connectivity index (χ1) is 9.51. The van der Waals surface area contributed by atoms with Gasteiger partial charge in [-0.3, -0.25) is 0 Å². The average molecular weight is 308 g/mol. The molecule has 20 heavy (non-hydrogen) atoms. The van der Waals surface area contributed by atoms with Crippen molar-refractivity contribution in [3.63, 3.8) is 0 Å². The van der Waals surface area contributed by atoms with Crippen molar-refractivity contribution >= 4 is 23.2 Å². The molecule has 102 valence electrons. The minimum absolute atomic E-state index is 0.358. The lowest BCUT2D eigenvalue weighted by Crippen LogP contribution is -1.97. The maximum absolute atomic E-state index is 9.74. The number of aliphatic hydroxyl groups excluding tert-OH is 1. The van der Waals surface area contributed by atoms with E-state index in [-0.39, 0.29) is 0 Å². The van der Waals surface area contributed by atoms with Crippen LogP contribution in [0, 0.1) is 11.3 Å². The number of aliphatic hydroxyl groups is 1. The third-order valence-corrected chi connectivity index (χ3v) is 3.24. The minimum Gasteiger partial charge on any atom is -0.455 e. The summed E-state index contributed by atoms with van der Waals surface area (Å²) in [6, 6.07) is 11.7. The number of ether oxygens (including phenoxy) is 1. The Kier molecular flexibility index (Phi) is 4.51. The number of benzene rings is 2. The highest BCUT2D eigenvalue weighted by Gasteiger charge is 2.13. The van der Waals surface area contributed by atoms with E-state index >= 15 is 0 Å². The van der Waals surface area contributed by atoms with Crippen molar-refractivity contribution in [2.75, 3.05) is 0 Å². The molecule has 0 saturated heterocycles. The Balaban J connectivity index is 2.43. The highest BCUT2D eigenvalue weighted by Crippen LogP contribution is 2.35. The topological polar surface area (TPSA) is 53.2 Å². The highest BCUT2D eigenvalue weighted by molar-refractivity contribution is 6.35. The van der Waals surface area contributed by atoms with E-state index in [1.54, 1.807) is 43.3 Å². The molecule has 0 bridgehead atoms. The molecule has 2 rings (SSSR count). The molecule has 2 aromatic carbocycles. The zero-order chi connectivity index (χ0) is 14.7.